The summed E-state index contributed by atoms with van der Waals surface area (Å²) < 4.78 is 0. The van der Waals surface area contributed by atoms with E-state index in [1.54, 1.807) is 74.8 Å². The Balaban J connectivity index is 1.36. The Morgan fingerprint density at radius 1 is 0.445 bits per heavy atom. The first kappa shape index (κ1) is 89.5. The van der Waals surface area contributed by atoms with E-state index in [4.69, 9.17) is 22.9 Å². The largest absolute Gasteiger partial charge is 0.508 e. The maximum Gasteiger partial charge on any atom is 0.328 e. The number of H-pyrrole nitrogens is 2. The number of amides is 13. The number of phenols is 1. The smallest absolute Gasteiger partial charge is 0.328 e. The minimum atomic E-state index is -1.79. The van der Waals surface area contributed by atoms with E-state index in [0.717, 1.165) is 6.42 Å². The van der Waals surface area contributed by atoms with Crippen LogP contribution in [0.2, 0.25) is 0 Å². The Morgan fingerprint density at radius 3 is 1.31 bits per heavy atom. The number of aliphatic carboxylic acids is 1. The number of carboxylic acid groups (broad SMARTS) is 1. The maximum atomic E-state index is 14.9. The lowest BCUT2D eigenvalue weighted by Crippen LogP contribution is -2.62. The molecule has 110 heavy (non-hydrogen) atoms. The molecule has 0 fully saturated rings. The molecule has 5 rings (SSSR count). The van der Waals surface area contributed by atoms with E-state index in [1.807, 2.05) is 19.2 Å². The van der Waals surface area contributed by atoms with E-state index < -0.39 is 181 Å². The third kappa shape index (κ3) is 28.8. The van der Waals surface area contributed by atoms with Crippen molar-refractivity contribution in [3.8, 4) is 5.75 Å². The number of carbonyl (C=O) groups excluding carboxylic acids is 13. The summed E-state index contributed by atoms with van der Waals surface area (Å²) in [6.07, 6.45) is 1.96. The third-order valence-corrected chi connectivity index (χ3v) is 18.6. The highest BCUT2D eigenvalue weighted by atomic mass is 16.4. The molecule has 0 saturated carbocycles. The molecule has 0 aliphatic carbocycles. The minimum Gasteiger partial charge on any atom is -0.508 e. The van der Waals surface area contributed by atoms with Crippen LogP contribution >= 0.6 is 0 Å². The van der Waals surface area contributed by atoms with Crippen LogP contribution in [0.1, 0.15) is 122 Å². The summed E-state index contributed by atoms with van der Waals surface area (Å²) in [6, 6.07) is 4.58. The van der Waals surface area contributed by atoms with Crippen molar-refractivity contribution < 1.29 is 87.5 Å². The van der Waals surface area contributed by atoms with Crippen molar-refractivity contribution in [3.05, 3.63) is 102 Å². The molecule has 36 heteroatoms. The normalized spacial score (nSPS) is 14.8. The van der Waals surface area contributed by atoms with Crippen molar-refractivity contribution in [2.75, 3.05) is 39.3 Å². The van der Waals surface area contributed by atoms with Crippen LogP contribution in [0.25, 0.3) is 21.8 Å². The molecule has 3 aromatic carbocycles. The van der Waals surface area contributed by atoms with Crippen LogP contribution in [0.15, 0.2) is 85.2 Å². The summed E-state index contributed by atoms with van der Waals surface area (Å²) >= 11 is 0. The second-order valence-corrected chi connectivity index (χ2v) is 27.2. The zero-order valence-electron chi connectivity index (χ0n) is 62.5. The average Bonchev–Trinajstić information content (AvgIpc) is 1.64. The molecular formula is C74H108N18O18. The third-order valence-electron chi connectivity index (χ3n) is 18.6. The number of rotatable bonds is 49. The van der Waals surface area contributed by atoms with Gasteiger partial charge in [-0.15, -0.1) is 0 Å². The summed E-state index contributed by atoms with van der Waals surface area (Å²) in [4.78, 5) is 199. The molecule has 13 amide bonds. The summed E-state index contributed by atoms with van der Waals surface area (Å²) in [6.45, 7) is 5.99. The van der Waals surface area contributed by atoms with Crippen LogP contribution in [0.4, 0.5) is 0 Å². The first-order chi connectivity index (χ1) is 52.4. The number of hydrogen-bond acceptors (Lipinski definition) is 20. The lowest BCUT2D eigenvalue weighted by atomic mass is 9.97. The van der Waals surface area contributed by atoms with Gasteiger partial charge in [0.1, 0.15) is 66.2 Å². The topological polar surface area (TPSA) is 600 Å². The average molecular weight is 1540 g/mol. The van der Waals surface area contributed by atoms with Crippen molar-refractivity contribution in [1.82, 2.24) is 73.8 Å². The van der Waals surface area contributed by atoms with Crippen molar-refractivity contribution >= 4 is 105 Å². The van der Waals surface area contributed by atoms with Crippen LogP contribution in [-0.2, 0) is 86.4 Å². The highest BCUT2D eigenvalue weighted by Crippen LogP contribution is 2.23. The number of phenolic OH excluding ortho intramolecular Hbond substituents is 1. The number of nitrogens with two attached hydrogens (primary N) is 4. The van der Waals surface area contributed by atoms with Crippen molar-refractivity contribution in [3.63, 3.8) is 0 Å². The Hall–Kier alpha value is -11.1. The van der Waals surface area contributed by atoms with Gasteiger partial charge in [-0.3, -0.25) is 62.3 Å². The monoisotopic (exact) mass is 1540 g/mol. The predicted molar refractivity (Wildman–Crippen MR) is 404 cm³/mol. The van der Waals surface area contributed by atoms with E-state index in [0.29, 0.717) is 51.3 Å². The maximum absolute atomic E-state index is 14.9. The number of aliphatic hydroxyl groups is 2. The number of aliphatic hydroxyl groups excluding tert-OH is 2. The SMILES string of the molecule is CCC(C)CCC(=O)N[C@H](CC(N)=O)C(=O)N[C@H](Cc1ccc(O)cc1)C(=O)N[C@H](Cc1c[nH]c2ccccc12)C(=O)N[C@H](CCCN)C(=O)N[C@@H](CCCN)C(=O)NCC(=O)N[C@H](CCCN)C(=O)N[C@@H](Cc1c[nH]c2ccccc12)C(=O)N[C@H](C(=O)N[C@H](C(=O)NCC(=O)N[C@@H](CO)C(=O)O)[C@@H](C)CC)[C@@H](C)O. The minimum absolute atomic E-state index is 0.0250. The zero-order valence-corrected chi connectivity index (χ0v) is 62.5. The predicted octanol–water partition coefficient (Wildman–Crippen LogP) is -3.11. The summed E-state index contributed by atoms with van der Waals surface area (Å²) in [5.74, 6) is -13.9. The van der Waals surface area contributed by atoms with E-state index in [1.165, 1.54) is 31.2 Å². The highest BCUT2D eigenvalue weighted by Gasteiger charge is 2.38. The Morgan fingerprint density at radius 2 is 0.855 bits per heavy atom. The fourth-order valence-electron chi connectivity index (χ4n) is 11.8. The number of fused-ring (bicyclic) bond motifs is 2. The van der Waals surface area contributed by atoms with Gasteiger partial charge in [0.05, 0.1) is 32.2 Å². The van der Waals surface area contributed by atoms with E-state index in [-0.39, 0.29) is 95.5 Å². The summed E-state index contributed by atoms with van der Waals surface area (Å²) in [5.41, 5.74) is 26.1. The molecule has 0 saturated heterocycles. The van der Waals surface area contributed by atoms with Gasteiger partial charge >= 0.3 is 5.97 Å². The molecule has 36 nitrogen and oxygen atoms in total. The van der Waals surface area contributed by atoms with E-state index in [2.05, 4.69) is 68.5 Å². The number of aromatic amines is 2. The van der Waals surface area contributed by atoms with Crippen molar-refractivity contribution in [1.29, 1.82) is 0 Å². The number of carbonyl (C=O) groups is 14. The number of nitrogens with one attached hydrogen (secondary N) is 14. The molecule has 1 unspecified atom stereocenters. The van der Waals surface area contributed by atoms with Gasteiger partial charge in [0.25, 0.3) is 0 Å². The van der Waals surface area contributed by atoms with E-state index >= 15 is 0 Å². The van der Waals surface area contributed by atoms with Crippen molar-refractivity contribution in [2.24, 2.45) is 34.8 Å². The molecule has 13 atom stereocenters. The number of aromatic nitrogens is 2. The molecule has 0 radical (unpaired) electrons. The van der Waals surface area contributed by atoms with Crippen LogP contribution in [0.3, 0.4) is 0 Å². The van der Waals surface area contributed by atoms with Gasteiger partial charge in [-0.2, -0.15) is 0 Å². The van der Waals surface area contributed by atoms with Crippen LogP contribution in [-0.4, -0.2) is 219 Å². The second-order valence-electron chi connectivity index (χ2n) is 27.2. The fourth-order valence-corrected chi connectivity index (χ4v) is 11.8. The first-order valence-electron chi connectivity index (χ1n) is 36.8. The molecular weight excluding hydrogens is 1430 g/mol. The molecule has 602 valence electrons. The first-order valence-corrected chi connectivity index (χ1v) is 36.8. The van der Waals surface area contributed by atoms with Crippen LogP contribution < -0.4 is 86.7 Å². The summed E-state index contributed by atoms with van der Waals surface area (Å²) in [7, 11) is 0. The Labute approximate surface area is 636 Å². The van der Waals surface area contributed by atoms with Gasteiger partial charge in [0.2, 0.25) is 76.8 Å². The van der Waals surface area contributed by atoms with Crippen LogP contribution in [0, 0.1) is 11.8 Å². The number of hydrogen-bond donors (Lipinski definition) is 22. The molecule has 0 spiro atoms. The molecule has 26 N–H and O–H groups in total. The highest BCUT2D eigenvalue weighted by molar-refractivity contribution is 6.00. The van der Waals surface area contributed by atoms with Crippen LogP contribution in [0.5, 0.6) is 5.75 Å². The molecule has 2 aromatic heterocycles. The number of benzene rings is 3. The van der Waals surface area contributed by atoms with E-state index in [9.17, 15) is 87.5 Å². The van der Waals surface area contributed by atoms with Gasteiger partial charge in [-0.05, 0) is 124 Å². The van der Waals surface area contributed by atoms with Gasteiger partial charge in [0, 0.05) is 59.9 Å². The molecule has 5 aromatic rings. The standard InChI is InChI=1S/C74H108N18O18/c1-6-40(3)22-27-60(97)84-57(34-59(78)96)70(105)88-54(31-43-23-25-46(95)26-24-43)68(103)90-55(32-44-35-79-49-17-10-8-15-47(44)49)69(104)87-53(21-14-30-77)67(102)86-51(19-12-28-75)65(100)81-37-61(98)83-52(20-13-29-76)66(101)89-56(33-45-36-80-50-18-11-9-16-48(45)50)71(106)92-64(42(5)94)73(108)91-63(41(4)7-2)72(107)82-38-62(99)85-58(39-93)74(109)110/h8-11,15-18,23-26,35-36,40-42,51-58,63-64,79-80,93-95H,6-7,12-14,19-22,27-34,37-39,75-77H2,1-5H3,(H2,78,96)(H,81,100)(H,82,107)(H,83,98)(H,84,97)(H,85,99)(H,86,102)(H,87,104)(H,88,105)(H,89,101)(H,90,103)(H,91,108)(H,92,106)(H,109,110)/t40?,41-,42+,51-,52+,53+,54+,55+,56-,57+,58-,63-,64-/m0/s1. The lowest BCUT2D eigenvalue weighted by molar-refractivity contribution is -0.143. The molecule has 0 aliphatic heterocycles. The zero-order chi connectivity index (χ0) is 81.1. The number of carboxylic acids is 1. The van der Waals surface area contributed by atoms with Gasteiger partial charge in [-0.1, -0.05) is 89.1 Å². The Kier molecular flexibility index (Phi) is 37.2. The van der Waals surface area contributed by atoms with Gasteiger partial charge in [0.15, 0.2) is 0 Å². The number of aromatic hydroxyl groups is 1. The molecule has 2 heterocycles. The Bertz CT molecular complexity index is 3940. The lowest BCUT2D eigenvalue weighted by Gasteiger charge is -2.29. The second kappa shape index (κ2) is 45.7. The van der Waals surface area contributed by atoms with Gasteiger partial charge in [-0.25, -0.2) is 4.79 Å². The fraction of sp³-hybridized carbons (Fsp3) is 0.514. The number of para-hydroxylation sites is 2. The van der Waals surface area contributed by atoms with Crippen molar-refractivity contribution in [2.45, 2.75) is 191 Å². The molecule has 0 aliphatic rings. The quantitative estimate of drug-likeness (QED) is 0.0183. The molecule has 0 bridgehead atoms. The van der Waals surface area contributed by atoms with Gasteiger partial charge < -0.3 is 117 Å². The summed E-state index contributed by atoms with van der Waals surface area (Å²) in [5, 5.41) is 71.3. The number of primary amides is 1.